The van der Waals surface area contributed by atoms with Crippen molar-refractivity contribution in [3.05, 3.63) is 19.6 Å². The zero-order chi connectivity index (χ0) is 14.7. The van der Waals surface area contributed by atoms with Gasteiger partial charge >= 0.3 is 5.97 Å². The van der Waals surface area contributed by atoms with Crippen molar-refractivity contribution in [1.82, 2.24) is 9.47 Å². The summed E-state index contributed by atoms with van der Waals surface area (Å²) in [6.45, 7) is 3.67. The van der Waals surface area contributed by atoms with Crippen LogP contribution in [0.25, 0.3) is 6.08 Å². The molecule has 2 heterocycles. The summed E-state index contributed by atoms with van der Waals surface area (Å²) >= 11 is 7.96. The van der Waals surface area contributed by atoms with Crippen LogP contribution in [0.2, 0.25) is 0 Å². The van der Waals surface area contributed by atoms with Gasteiger partial charge in [0.2, 0.25) is 5.88 Å². The molecule has 2 N–H and O–H groups in total. The lowest BCUT2D eigenvalue weighted by Gasteiger charge is -2.13. The van der Waals surface area contributed by atoms with Crippen LogP contribution in [0.3, 0.4) is 0 Å². The molecule has 1 aromatic rings. The second-order valence-electron chi connectivity index (χ2n) is 4.06. The summed E-state index contributed by atoms with van der Waals surface area (Å²) in [4.78, 5) is 13.5. The zero-order valence-electron chi connectivity index (χ0n) is 10.8. The molecule has 0 saturated carbocycles. The van der Waals surface area contributed by atoms with E-state index in [1.54, 1.807) is 17.8 Å². The third-order valence-electron chi connectivity index (χ3n) is 2.78. The standard InChI is InChI=1S/C12H14N2O3S3/c1-2-13-5-6-19-9(13)4-3-8-11(17)14(7-10(15)16)12(18)20-8/h3,17H,2,5-7H2,1H3,(H,15,16). The molecule has 0 aliphatic carbocycles. The number of carboxylic acid groups (broad SMARTS) is 1. The van der Waals surface area contributed by atoms with Crippen LogP contribution in [0.15, 0.2) is 10.8 Å². The Morgan fingerprint density at radius 3 is 3.00 bits per heavy atom. The topological polar surface area (TPSA) is 65.7 Å². The molecule has 108 valence electrons. The predicted molar refractivity (Wildman–Crippen MR) is 83.6 cm³/mol. The molecule has 1 fully saturated rings. The minimum Gasteiger partial charge on any atom is -0.493 e. The Hall–Kier alpha value is -1.21. The first-order valence-electron chi connectivity index (χ1n) is 6.01. The molecule has 0 amide bonds. The van der Waals surface area contributed by atoms with Crippen molar-refractivity contribution in [3.8, 4) is 5.88 Å². The normalized spacial score (nSPS) is 14.4. The monoisotopic (exact) mass is 330 g/mol. The van der Waals surface area contributed by atoms with Crippen LogP contribution < -0.4 is 0 Å². The lowest BCUT2D eigenvalue weighted by Crippen LogP contribution is -2.16. The van der Waals surface area contributed by atoms with Gasteiger partial charge in [0.05, 0.1) is 4.88 Å². The maximum atomic E-state index is 10.7. The zero-order valence-corrected chi connectivity index (χ0v) is 13.3. The molecule has 8 heteroatoms. The number of hydrogen-bond donors (Lipinski definition) is 2. The number of aliphatic carboxylic acids is 1. The molecule has 0 unspecified atom stereocenters. The maximum Gasteiger partial charge on any atom is 0.323 e. The minimum atomic E-state index is -1.04. The van der Waals surface area contributed by atoms with Crippen LogP contribution in [0.1, 0.15) is 11.8 Å². The van der Waals surface area contributed by atoms with E-state index in [0.717, 1.165) is 23.9 Å². The fraction of sp³-hybridized carbons (Fsp3) is 0.417. The average Bonchev–Trinajstić information content (AvgIpc) is 2.95. The van der Waals surface area contributed by atoms with Crippen molar-refractivity contribution in [1.29, 1.82) is 0 Å². The Bertz CT molecular complexity index is 641. The number of carbonyl (C=O) groups is 1. The Balaban J connectivity index is 2.33. The summed E-state index contributed by atoms with van der Waals surface area (Å²) < 4.78 is 1.55. The number of carboxylic acids is 1. The van der Waals surface area contributed by atoms with E-state index in [1.165, 1.54) is 15.9 Å². The summed E-state index contributed by atoms with van der Waals surface area (Å²) in [7, 11) is 0. The summed E-state index contributed by atoms with van der Waals surface area (Å²) in [5.41, 5.74) is 3.16. The highest BCUT2D eigenvalue weighted by molar-refractivity contribution is 8.03. The van der Waals surface area contributed by atoms with E-state index < -0.39 is 5.97 Å². The molecule has 1 aliphatic heterocycles. The van der Waals surface area contributed by atoms with E-state index in [9.17, 15) is 9.90 Å². The predicted octanol–water partition coefficient (Wildman–Crippen LogP) is 2.59. The number of rotatable bonds is 4. The van der Waals surface area contributed by atoms with E-state index >= 15 is 0 Å². The van der Waals surface area contributed by atoms with Crippen LogP contribution in [0, 0.1) is 3.95 Å². The third kappa shape index (κ3) is 3.27. The Labute approximate surface area is 129 Å². The number of thioether (sulfide) groups is 1. The first kappa shape index (κ1) is 15.2. The quantitative estimate of drug-likeness (QED) is 0.653. The fourth-order valence-corrected chi connectivity index (χ4v) is 4.03. The van der Waals surface area contributed by atoms with E-state index in [-0.39, 0.29) is 12.4 Å². The van der Waals surface area contributed by atoms with Gasteiger partial charge in [-0.05, 0) is 19.1 Å². The van der Waals surface area contributed by atoms with Crippen LogP contribution in [-0.4, -0.2) is 44.5 Å². The van der Waals surface area contributed by atoms with Crippen molar-refractivity contribution in [2.24, 2.45) is 0 Å². The number of hydrogen-bond acceptors (Lipinski definition) is 6. The smallest absolute Gasteiger partial charge is 0.323 e. The van der Waals surface area contributed by atoms with Gasteiger partial charge in [-0.3, -0.25) is 9.36 Å². The van der Waals surface area contributed by atoms with Crippen molar-refractivity contribution in [3.63, 3.8) is 0 Å². The number of nitrogens with zero attached hydrogens (tertiary/aromatic N) is 2. The van der Waals surface area contributed by atoms with E-state index in [1.807, 2.05) is 0 Å². The molecular formula is C12H14N2O3S3. The van der Waals surface area contributed by atoms with Gasteiger partial charge in [0.25, 0.3) is 0 Å². The van der Waals surface area contributed by atoms with E-state index in [0.29, 0.717) is 8.83 Å². The summed E-state index contributed by atoms with van der Waals surface area (Å²) in [6, 6.07) is 0. The minimum absolute atomic E-state index is 0.110. The molecule has 0 bridgehead atoms. The average molecular weight is 330 g/mol. The second kappa shape index (κ2) is 6.49. The molecule has 20 heavy (non-hydrogen) atoms. The molecule has 5 nitrogen and oxygen atoms in total. The molecule has 2 rings (SSSR count). The SMILES string of the molecule is CCN1CCSC1=C=Cc1sc(=S)n(CC(=O)O)c1O. The number of aromatic nitrogens is 1. The van der Waals surface area contributed by atoms with E-state index in [4.69, 9.17) is 17.3 Å². The molecular weight excluding hydrogens is 316 g/mol. The Morgan fingerprint density at radius 1 is 1.60 bits per heavy atom. The molecule has 0 atom stereocenters. The summed E-state index contributed by atoms with van der Waals surface area (Å²) in [6.07, 6.45) is 1.67. The van der Waals surface area contributed by atoms with Gasteiger partial charge in [0.15, 0.2) is 3.95 Å². The maximum absolute atomic E-state index is 10.7. The highest BCUT2D eigenvalue weighted by atomic mass is 32.2. The number of aromatic hydroxyl groups is 1. The first-order chi connectivity index (χ1) is 9.52. The van der Waals surface area contributed by atoms with E-state index in [2.05, 4.69) is 17.6 Å². The third-order valence-corrected chi connectivity index (χ3v) is 5.20. The fourth-order valence-electron chi connectivity index (χ4n) is 1.79. The van der Waals surface area contributed by atoms with Crippen LogP contribution >= 0.6 is 35.3 Å². The molecule has 0 radical (unpaired) electrons. The summed E-state index contributed by atoms with van der Waals surface area (Å²) in [5, 5.41) is 19.8. The Morgan fingerprint density at radius 2 is 2.35 bits per heavy atom. The van der Waals surface area contributed by atoms with Crippen molar-refractivity contribution in [2.45, 2.75) is 13.5 Å². The largest absolute Gasteiger partial charge is 0.493 e. The van der Waals surface area contributed by atoms with Crippen LogP contribution in [0.4, 0.5) is 0 Å². The van der Waals surface area contributed by atoms with Gasteiger partial charge in [-0.1, -0.05) is 17.5 Å². The second-order valence-corrected chi connectivity index (χ2v) is 6.82. The molecule has 0 spiro atoms. The van der Waals surface area contributed by atoms with Gasteiger partial charge < -0.3 is 15.1 Å². The van der Waals surface area contributed by atoms with Crippen LogP contribution in [-0.2, 0) is 11.3 Å². The number of thiazole rings is 1. The first-order valence-corrected chi connectivity index (χ1v) is 8.22. The van der Waals surface area contributed by atoms with Gasteiger partial charge in [-0.25, -0.2) is 0 Å². The molecule has 1 saturated heterocycles. The highest BCUT2D eigenvalue weighted by Crippen LogP contribution is 2.29. The van der Waals surface area contributed by atoms with Crippen molar-refractivity contribution in [2.75, 3.05) is 18.8 Å². The lowest BCUT2D eigenvalue weighted by molar-refractivity contribution is -0.137. The van der Waals surface area contributed by atoms with Crippen molar-refractivity contribution < 1.29 is 15.0 Å². The highest BCUT2D eigenvalue weighted by Gasteiger charge is 2.16. The Kier molecular flexibility index (Phi) is 4.93. The molecule has 1 aliphatic rings. The summed E-state index contributed by atoms with van der Waals surface area (Å²) in [5.74, 6) is -0.112. The van der Waals surface area contributed by atoms with Gasteiger partial charge in [0, 0.05) is 24.9 Å². The van der Waals surface area contributed by atoms with Crippen molar-refractivity contribution >= 4 is 47.4 Å². The lowest BCUT2D eigenvalue weighted by atomic mass is 10.4. The van der Waals surface area contributed by atoms with Gasteiger partial charge in [-0.2, -0.15) is 0 Å². The van der Waals surface area contributed by atoms with Crippen LogP contribution in [0.5, 0.6) is 5.88 Å². The molecule has 0 aromatic carbocycles. The molecule has 1 aromatic heterocycles. The van der Waals surface area contributed by atoms with Gasteiger partial charge in [0.1, 0.15) is 11.6 Å². The van der Waals surface area contributed by atoms with Gasteiger partial charge in [-0.15, -0.1) is 11.3 Å².